The number of nitrogens with one attached hydrogen (secondary N) is 1. The second kappa shape index (κ2) is 9.43. The first-order valence-electron chi connectivity index (χ1n) is 10.7. The summed E-state index contributed by atoms with van der Waals surface area (Å²) in [5.41, 5.74) is 6.07. The van der Waals surface area contributed by atoms with E-state index < -0.39 is 11.8 Å². The maximum atomic E-state index is 13.0. The summed E-state index contributed by atoms with van der Waals surface area (Å²) in [6, 6.07) is 19.1. The van der Waals surface area contributed by atoms with Gasteiger partial charge in [-0.2, -0.15) is 9.78 Å². The maximum Gasteiger partial charge on any atom is 0.259 e. The van der Waals surface area contributed by atoms with Gasteiger partial charge >= 0.3 is 0 Å². The molecular weight excluding hydrogens is 460 g/mol. The van der Waals surface area contributed by atoms with Gasteiger partial charge in [0.1, 0.15) is 11.3 Å². The Hall–Kier alpha value is -5.45. The Morgan fingerprint density at radius 2 is 1.64 bits per heavy atom. The molecule has 2 heterocycles. The van der Waals surface area contributed by atoms with Crippen LogP contribution in [-0.2, 0) is 0 Å². The Labute approximate surface area is 204 Å². The number of benzene rings is 3. The number of hydrogen-bond donors (Lipinski definition) is 3. The number of anilines is 1. The van der Waals surface area contributed by atoms with Crippen LogP contribution >= 0.6 is 0 Å². The van der Waals surface area contributed by atoms with Gasteiger partial charge in [0.15, 0.2) is 11.6 Å². The molecule has 0 saturated carbocycles. The van der Waals surface area contributed by atoms with E-state index in [4.69, 9.17) is 5.73 Å². The summed E-state index contributed by atoms with van der Waals surface area (Å²) in [6.45, 7) is 0. The van der Waals surface area contributed by atoms with Gasteiger partial charge < -0.3 is 16.2 Å². The SMILES string of the molecule is NC(=O)c1cnn(-c2ncccn2)c1/N=N/c1c(O)c(C(=O)Nc2ccccc2)cc2ccccc12. The Balaban J connectivity index is 1.63. The molecule has 0 unspecified atom stereocenters. The molecule has 0 fully saturated rings. The van der Waals surface area contributed by atoms with Gasteiger partial charge in [-0.25, -0.2) is 9.97 Å². The van der Waals surface area contributed by atoms with Crippen molar-refractivity contribution in [3.63, 3.8) is 0 Å². The van der Waals surface area contributed by atoms with Crippen molar-refractivity contribution in [1.29, 1.82) is 0 Å². The number of amides is 2. The molecule has 0 aliphatic heterocycles. The third-order valence-electron chi connectivity index (χ3n) is 5.27. The van der Waals surface area contributed by atoms with Crippen LogP contribution in [0.2, 0.25) is 0 Å². The minimum absolute atomic E-state index is 0.00141. The van der Waals surface area contributed by atoms with Gasteiger partial charge in [0, 0.05) is 23.5 Å². The van der Waals surface area contributed by atoms with E-state index >= 15 is 0 Å². The first-order chi connectivity index (χ1) is 17.5. The van der Waals surface area contributed by atoms with Crippen molar-refractivity contribution in [3.05, 3.63) is 96.4 Å². The van der Waals surface area contributed by atoms with Crippen molar-refractivity contribution in [2.45, 2.75) is 0 Å². The summed E-state index contributed by atoms with van der Waals surface area (Å²) in [7, 11) is 0. The number of hydrogen-bond acceptors (Lipinski definition) is 8. The van der Waals surface area contributed by atoms with Crippen molar-refractivity contribution in [3.8, 4) is 11.7 Å². The molecule has 2 aromatic heterocycles. The molecule has 4 N–H and O–H groups in total. The second-order valence-corrected chi connectivity index (χ2v) is 7.57. The van der Waals surface area contributed by atoms with Gasteiger partial charge in [-0.15, -0.1) is 10.2 Å². The number of para-hydroxylation sites is 1. The quantitative estimate of drug-likeness (QED) is 0.309. The van der Waals surface area contributed by atoms with E-state index in [1.54, 1.807) is 60.7 Å². The van der Waals surface area contributed by atoms with Crippen LogP contribution in [-0.4, -0.2) is 36.7 Å². The zero-order valence-corrected chi connectivity index (χ0v) is 18.6. The van der Waals surface area contributed by atoms with E-state index in [2.05, 4.69) is 30.6 Å². The fourth-order valence-corrected chi connectivity index (χ4v) is 3.57. The zero-order valence-electron chi connectivity index (χ0n) is 18.6. The van der Waals surface area contributed by atoms with Crippen molar-refractivity contribution in [1.82, 2.24) is 19.7 Å². The van der Waals surface area contributed by atoms with Crippen LogP contribution in [0.4, 0.5) is 17.2 Å². The number of primary amides is 1. The van der Waals surface area contributed by atoms with Crippen LogP contribution in [0.1, 0.15) is 20.7 Å². The van der Waals surface area contributed by atoms with Gasteiger partial charge in [-0.3, -0.25) is 9.59 Å². The van der Waals surface area contributed by atoms with Crippen LogP contribution in [0.5, 0.6) is 5.75 Å². The fraction of sp³-hybridized carbons (Fsp3) is 0. The molecule has 0 aliphatic carbocycles. The lowest BCUT2D eigenvalue weighted by Gasteiger charge is -2.11. The van der Waals surface area contributed by atoms with E-state index in [1.165, 1.54) is 23.3 Å². The molecule has 11 nitrogen and oxygen atoms in total. The standard InChI is InChI=1S/C25H18N8O3/c26-22(35)19-14-29-33(25-27-11-6-12-28-25)23(19)32-31-20-17-10-5-4-7-15(17)13-18(21(20)34)24(36)30-16-8-2-1-3-9-16/h1-14,34H,(H2,26,35)(H,30,36)/b32-31+. The molecule has 0 bridgehead atoms. The molecule has 0 atom stereocenters. The highest BCUT2D eigenvalue weighted by molar-refractivity contribution is 6.11. The van der Waals surface area contributed by atoms with Crippen LogP contribution in [0.15, 0.2) is 95.5 Å². The van der Waals surface area contributed by atoms with E-state index in [9.17, 15) is 14.7 Å². The van der Waals surface area contributed by atoms with E-state index in [0.29, 0.717) is 16.5 Å². The van der Waals surface area contributed by atoms with Gasteiger partial charge in [0.2, 0.25) is 0 Å². The number of aromatic nitrogens is 4. The molecule has 0 radical (unpaired) electrons. The Kier molecular flexibility index (Phi) is 5.85. The van der Waals surface area contributed by atoms with E-state index in [1.807, 2.05) is 6.07 Å². The van der Waals surface area contributed by atoms with E-state index in [-0.39, 0.29) is 34.3 Å². The lowest BCUT2D eigenvalue weighted by atomic mass is 10.0. The lowest BCUT2D eigenvalue weighted by molar-refractivity contribution is 0.0997. The summed E-state index contributed by atoms with van der Waals surface area (Å²) in [4.78, 5) is 33.2. The number of azo groups is 1. The zero-order chi connectivity index (χ0) is 25.1. The smallest absolute Gasteiger partial charge is 0.259 e. The number of phenolic OH excluding ortho intramolecular Hbond substituents is 1. The summed E-state index contributed by atoms with van der Waals surface area (Å²) in [5, 5.41) is 27.5. The predicted molar refractivity (Wildman–Crippen MR) is 132 cm³/mol. The fourth-order valence-electron chi connectivity index (χ4n) is 3.57. The van der Waals surface area contributed by atoms with Crippen molar-refractivity contribution < 1.29 is 14.7 Å². The molecule has 176 valence electrons. The number of carbonyl (C=O) groups excluding carboxylic acids is 2. The molecular formula is C25H18N8O3. The first-order valence-corrected chi connectivity index (χ1v) is 10.7. The Morgan fingerprint density at radius 3 is 2.39 bits per heavy atom. The van der Waals surface area contributed by atoms with Gasteiger partial charge in [-0.05, 0) is 29.7 Å². The highest BCUT2D eigenvalue weighted by Gasteiger charge is 2.21. The Morgan fingerprint density at radius 1 is 0.917 bits per heavy atom. The highest BCUT2D eigenvalue weighted by Crippen LogP contribution is 2.40. The van der Waals surface area contributed by atoms with Crippen LogP contribution < -0.4 is 11.1 Å². The topological polar surface area (TPSA) is 161 Å². The predicted octanol–water partition coefficient (Wildman–Crippen LogP) is 4.29. The van der Waals surface area contributed by atoms with Crippen molar-refractivity contribution >= 4 is 39.8 Å². The second-order valence-electron chi connectivity index (χ2n) is 7.57. The van der Waals surface area contributed by atoms with Gasteiger partial charge in [0.05, 0.1) is 11.8 Å². The normalized spacial score (nSPS) is 11.1. The van der Waals surface area contributed by atoms with Gasteiger partial charge in [-0.1, -0.05) is 42.5 Å². The molecule has 3 aromatic carbocycles. The molecule has 0 saturated heterocycles. The largest absolute Gasteiger partial charge is 0.505 e. The molecule has 5 rings (SSSR count). The number of carbonyl (C=O) groups is 2. The van der Waals surface area contributed by atoms with Crippen LogP contribution in [0, 0.1) is 0 Å². The van der Waals surface area contributed by atoms with Crippen molar-refractivity contribution in [2.24, 2.45) is 16.0 Å². The Bertz CT molecular complexity index is 1620. The summed E-state index contributed by atoms with van der Waals surface area (Å²) < 4.78 is 1.20. The number of nitrogens with two attached hydrogens (primary N) is 1. The molecule has 0 spiro atoms. The molecule has 11 heteroatoms. The molecule has 2 amide bonds. The van der Waals surface area contributed by atoms with Gasteiger partial charge in [0.25, 0.3) is 17.8 Å². The summed E-state index contributed by atoms with van der Waals surface area (Å²) in [5.74, 6) is -1.58. The molecule has 5 aromatic rings. The first kappa shape index (κ1) is 22.3. The third-order valence-corrected chi connectivity index (χ3v) is 5.27. The van der Waals surface area contributed by atoms with E-state index in [0.717, 1.165) is 0 Å². The average molecular weight is 478 g/mol. The third kappa shape index (κ3) is 4.23. The van der Waals surface area contributed by atoms with Crippen LogP contribution in [0.25, 0.3) is 16.7 Å². The minimum atomic E-state index is -0.781. The summed E-state index contributed by atoms with van der Waals surface area (Å²) in [6.07, 6.45) is 4.24. The number of aromatic hydroxyl groups is 1. The number of phenols is 1. The minimum Gasteiger partial charge on any atom is -0.505 e. The number of nitrogens with zero attached hydrogens (tertiary/aromatic N) is 6. The maximum absolute atomic E-state index is 13.0. The highest BCUT2D eigenvalue weighted by atomic mass is 16.3. The average Bonchev–Trinajstić information content (AvgIpc) is 3.33. The molecule has 0 aliphatic rings. The monoisotopic (exact) mass is 478 g/mol. The molecule has 36 heavy (non-hydrogen) atoms. The number of rotatable bonds is 6. The number of fused-ring (bicyclic) bond motifs is 1. The van der Waals surface area contributed by atoms with Crippen molar-refractivity contribution in [2.75, 3.05) is 5.32 Å². The lowest BCUT2D eigenvalue weighted by Crippen LogP contribution is -2.12. The summed E-state index contributed by atoms with van der Waals surface area (Å²) >= 11 is 0. The van der Waals surface area contributed by atoms with Crippen LogP contribution in [0.3, 0.4) is 0 Å².